The van der Waals surface area contributed by atoms with Crippen LogP contribution in [-0.2, 0) is 0 Å². The van der Waals surface area contributed by atoms with Crippen LogP contribution in [0.4, 0.5) is 20.2 Å². The van der Waals surface area contributed by atoms with Gasteiger partial charge in [-0.1, -0.05) is 6.07 Å². The molecule has 1 saturated heterocycles. The summed E-state index contributed by atoms with van der Waals surface area (Å²) in [5.74, 6) is -0.765. The van der Waals surface area contributed by atoms with Gasteiger partial charge >= 0.3 is 6.61 Å². The summed E-state index contributed by atoms with van der Waals surface area (Å²) in [6.45, 7) is 2.81. The molecule has 0 atom stereocenters. The van der Waals surface area contributed by atoms with Gasteiger partial charge in [-0.25, -0.2) is 0 Å². The number of piperazine rings is 1. The quantitative estimate of drug-likeness (QED) is 0.796. The van der Waals surface area contributed by atoms with Gasteiger partial charge < -0.3 is 24.6 Å². The Morgan fingerprint density at radius 1 is 1.14 bits per heavy atom. The van der Waals surface area contributed by atoms with E-state index in [0.717, 1.165) is 37.4 Å². The van der Waals surface area contributed by atoms with Gasteiger partial charge in [0.1, 0.15) is 0 Å². The lowest BCUT2D eigenvalue weighted by atomic mass is 10.1. The third-order valence-corrected chi connectivity index (χ3v) is 4.95. The van der Waals surface area contributed by atoms with Crippen molar-refractivity contribution in [2.45, 2.75) is 13.5 Å². The lowest BCUT2D eigenvalue weighted by Gasteiger charge is -2.35. The van der Waals surface area contributed by atoms with Crippen LogP contribution in [0.15, 0.2) is 36.4 Å². The number of hydrogen-bond acceptors (Lipinski definition) is 5. The van der Waals surface area contributed by atoms with Gasteiger partial charge in [0, 0.05) is 37.6 Å². The van der Waals surface area contributed by atoms with E-state index >= 15 is 0 Å². The molecule has 0 aliphatic carbocycles. The Morgan fingerprint density at radius 3 is 2.48 bits per heavy atom. The van der Waals surface area contributed by atoms with Crippen molar-refractivity contribution in [2.75, 3.05) is 50.6 Å². The second kappa shape index (κ2) is 9.09. The third kappa shape index (κ3) is 4.95. The SMILES string of the molecule is COc1cccc(C(=O)Nc2ccc(N3CCN(C)CC3)c(C)c2)c1OC(F)F. The van der Waals surface area contributed by atoms with E-state index in [9.17, 15) is 13.6 Å². The number of carbonyl (C=O) groups is 1. The molecule has 1 aliphatic heterocycles. The van der Waals surface area contributed by atoms with Crippen molar-refractivity contribution in [3.8, 4) is 11.5 Å². The number of hydrogen-bond donors (Lipinski definition) is 1. The predicted molar refractivity (Wildman–Crippen MR) is 108 cm³/mol. The average molecular weight is 405 g/mol. The largest absolute Gasteiger partial charge is 0.493 e. The van der Waals surface area contributed by atoms with Crippen LogP contribution < -0.4 is 19.7 Å². The minimum absolute atomic E-state index is 0.0227. The first-order chi connectivity index (χ1) is 13.9. The lowest BCUT2D eigenvalue weighted by Crippen LogP contribution is -2.44. The maximum atomic E-state index is 12.8. The van der Waals surface area contributed by atoms with Crippen LogP contribution in [-0.4, -0.2) is 57.8 Å². The zero-order valence-electron chi connectivity index (χ0n) is 16.7. The first kappa shape index (κ1) is 20.9. The van der Waals surface area contributed by atoms with Crippen LogP contribution in [0.2, 0.25) is 0 Å². The molecule has 0 spiro atoms. The van der Waals surface area contributed by atoms with Crippen molar-refractivity contribution < 1.29 is 23.0 Å². The molecule has 29 heavy (non-hydrogen) atoms. The summed E-state index contributed by atoms with van der Waals surface area (Å²) in [5, 5.41) is 2.76. The summed E-state index contributed by atoms with van der Waals surface area (Å²) in [7, 11) is 3.43. The van der Waals surface area contributed by atoms with Crippen LogP contribution >= 0.6 is 0 Å². The Hall–Kier alpha value is -2.87. The number of nitrogens with one attached hydrogen (secondary N) is 1. The van der Waals surface area contributed by atoms with Crippen molar-refractivity contribution >= 4 is 17.3 Å². The first-order valence-electron chi connectivity index (χ1n) is 9.36. The highest BCUT2D eigenvalue weighted by atomic mass is 19.3. The highest BCUT2D eigenvalue weighted by Crippen LogP contribution is 2.33. The molecule has 1 aliphatic rings. The average Bonchev–Trinajstić information content (AvgIpc) is 2.68. The van der Waals surface area contributed by atoms with Gasteiger partial charge in [-0.15, -0.1) is 0 Å². The number of benzene rings is 2. The zero-order chi connectivity index (χ0) is 21.0. The second-order valence-electron chi connectivity index (χ2n) is 6.96. The Bertz CT molecular complexity index is 868. The molecule has 156 valence electrons. The molecule has 3 rings (SSSR count). The third-order valence-electron chi connectivity index (χ3n) is 4.95. The number of alkyl halides is 2. The van der Waals surface area contributed by atoms with Gasteiger partial charge in [0.15, 0.2) is 11.5 Å². The minimum atomic E-state index is -3.07. The van der Waals surface area contributed by atoms with Gasteiger partial charge in [0.2, 0.25) is 0 Å². The van der Waals surface area contributed by atoms with Crippen LogP contribution in [0.25, 0.3) is 0 Å². The summed E-state index contributed by atoms with van der Waals surface area (Å²) < 4.78 is 35.2. The molecule has 0 radical (unpaired) electrons. The number of para-hydroxylation sites is 1. The topological polar surface area (TPSA) is 54.0 Å². The fourth-order valence-corrected chi connectivity index (χ4v) is 3.40. The monoisotopic (exact) mass is 405 g/mol. The summed E-state index contributed by atoms with van der Waals surface area (Å²) >= 11 is 0. The molecule has 1 N–H and O–H groups in total. The van der Waals surface area contributed by atoms with Gasteiger partial charge in [0.25, 0.3) is 5.91 Å². The molecule has 0 unspecified atom stereocenters. The Labute approximate surface area is 169 Å². The van der Waals surface area contributed by atoms with E-state index in [4.69, 9.17) is 4.74 Å². The number of rotatable bonds is 6. The number of ether oxygens (including phenoxy) is 2. The second-order valence-corrected chi connectivity index (χ2v) is 6.96. The summed E-state index contributed by atoms with van der Waals surface area (Å²) in [4.78, 5) is 17.3. The van der Waals surface area contributed by atoms with Gasteiger partial charge in [-0.3, -0.25) is 4.79 Å². The Morgan fingerprint density at radius 2 is 1.86 bits per heavy atom. The fraction of sp³-hybridized carbons (Fsp3) is 0.381. The summed E-state index contributed by atoms with van der Waals surface area (Å²) in [5.41, 5.74) is 2.71. The van der Waals surface area contributed by atoms with Gasteiger partial charge in [0.05, 0.1) is 12.7 Å². The molecular weight excluding hydrogens is 380 g/mol. The van der Waals surface area contributed by atoms with Crippen molar-refractivity contribution in [3.05, 3.63) is 47.5 Å². The van der Waals surface area contributed by atoms with Crippen molar-refractivity contribution in [1.29, 1.82) is 0 Å². The number of methoxy groups -OCH3 is 1. The highest BCUT2D eigenvalue weighted by Gasteiger charge is 2.21. The number of anilines is 2. The zero-order valence-corrected chi connectivity index (χ0v) is 16.7. The predicted octanol–water partition coefficient (Wildman–Crippen LogP) is 3.61. The lowest BCUT2D eigenvalue weighted by molar-refractivity contribution is -0.0515. The number of likely N-dealkylation sites (N-methyl/N-ethyl adjacent to an activating group) is 1. The van der Waals surface area contributed by atoms with E-state index in [2.05, 4.69) is 26.9 Å². The van der Waals surface area contributed by atoms with Crippen molar-refractivity contribution in [3.63, 3.8) is 0 Å². The van der Waals surface area contributed by atoms with E-state index in [1.807, 2.05) is 25.1 Å². The highest BCUT2D eigenvalue weighted by molar-refractivity contribution is 6.06. The van der Waals surface area contributed by atoms with Crippen molar-refractivity contribution in [1.82, 2.24) is 4.90 Å². The molecule has 8 heteroatoms. The number of nitrogens with zero attached hydrogens (tertiary/aromatic N) is 2. The van der Waals surface area contributed by atoms with E-state index in [-0.39, 0.29) is 17.1 Å². The molecular formula is C21H25F2N3O3. The molecule has 0 bridgehead atoms. The van der Waals surface area contributed by atoms with E-state index in [0.29, 0.717) is 5.69 Å². The molecule has 1 amide bonds. The van der Waals surface area contributed by atoms with Crippen LogP contribution in [0.1, 0.15) is 15.9 Å². The molecule has 1 heterocycles. The molecule has 0 saturated carbocycles. The smallest absolute Gasteiger partial charge is 0.387 e. The van der Waals surface area contributed by atoms with Gasteiger partial charge in [-0.05, 0) is 49.9 Å². The maximum absolute atomic E-state index is 12.8. The van der Waals surface area contributed by atoms with E-state index in [1.54, 1.807) is 6.07 Å². The number of halogens is 2. The summed E-state index contributed by atoms with van der Waals surface area (Å²) in [6, 6.07) is 10.1. The minimum Gasteiger partial charge on any atom is -0.493 e. The van der Waals surface area contributed by atoms with Crippen LogP contribution in [0.5, 0.6) is 11.5 Å². The first-order valence-corrected chi connectivity index (χ1v) is 9.36. The fourth-order valence-electron chi connectivity index (χ4n) is 3.40. The van der Waals surface area contributed by atoms with Gasteiger partial charge in [-0.2, -0.15) is 8.78 Å². The van der Waals surface area contributed by atoms with E-state index < -0.39 is 12.5 Å². The Balaban J connectivity index is 1.78. The number of aryl methyl sites for hydroxylation is 1. The number of carbonyl (C=O) groups excluding carboxylic acids is 1. The molecule has 1 fully saturated rings. The normalized spacial score (nSPS) is 14.8. The van der Waals surface area contributed by atoms with Crippen LogP contribution in [0.3, 0.4) is 0 Å². The van der Waals surface area contributed by atoms with Crippen LogP contribution in [0, 0.1) is 6.92 Å². The molecule has 6 nitrogen and oxygen atoms in total. The standard InChI is InChI=1S/C21H25F2N3O3/c1-14-13-15(7-8-17(14)26-11-9-25(2)10-12-26)24-20(27)16-5-4-6-18(28-3)19(16)29-21(22)23/h4-8,13,21H,9-12H2,1-3H3,(H,24,27). The van der Waals surface area contributed by atoms with Crippen molar-refractivity contribution in [2.24, 2.45) is 0 Å². The molecule has 2 aromatic rings. The molecule has 0 aromatic heterocycles. The molecule has 2 aromatic carbocycles. The maximum Gasteiger partial charge on any atom is 0.387 e. The summed E-state index contributed by atoms with van der Waals surface area (Å²) in [6.07, 6.45) is 0. The van der Waals surface area contributed by atoms with E-state index in [1.165, 1.54) is 19.2 Å². The Kier molecular flexibility index (Phi) is 6.53. The number of amides is 1.